The minimum atomic E-state index is -0.332. The monoisotopic (exact) mass is 407 g/mol. The van der Waals surface area contributed by atoms with Crippen LogP contribution in [0, 0.1) is 13.8 Å². The van der Waals surface area contributed by atoms with Crippen LogP contribution in [0.5, 0.6) is 0 Å². The van der Waals surface area contributed by atoms with Crippen molar-refractivity contribution in [3.05, 3.63) is 80.0 Å². The highest BCUT2D eigenvalue weighted by Crippen LogP contribution is 2.28. The summed E-state index contributed by atoms with van der Waals surface area (Å²) in [5.74, 6) is -0.332. The number of rotatable bonds is 4. The number of halogens is 3. The summed E-state index contributed by atoms with van der Waals surface area (Å²) in [4.78, 5) is 12.6. The van der Waals surface area contributed by atoms with E-state index in [4.69, 9.17) is 34.8 Å². The van der Waals surface area contributed by atoms with Crippen molar-refractivity contribution < 1.29 is 4.79 Å². The van der Waals surface area contributed by atoms with Crippen molar-refractivity contribution in [3.63, 3.8) is 0 Å². The molecule has 0 aliphatic rings. The molecular weight excluding hydrogens is 393 g/mol. The first-order valence-electron chi connectivity index (χ1n) is 7.91. The second-order valence-electron chi connectivity index (χ2n) is 5.85. The van der Waals surface area contributed by atoms with E-state index in [1.807, 2.05) is 42.8 Å². The third-order valence-electron chi connectivity index (χ3n) is 4.09. The minimum absolute atomic E-state index is 0.227. The Morgan fingerprint density at radius 3 is 2.46 bits per heavy atom. The molecule has 1 heterocycles. The summed E-state index contributed by atoms with van der Waals surface area (Å²) in [6.45, 7) is 4.25. The number of nitrogens with zero attached hydrogens (tertiary/aromatic N) is 2. The molecule has 0 saturated carbocycles. The van der Waals surface area contributed by atoms with Crippen molar-refractivity contribution >= 4 is 46.4 Å². The molecule has 7 heteroatoms. The summed E-state index contributed by atoms with van der Waals surface area (Å²) in [5, 5.41) is 8.64. The van der Waals surface area contributed by atoms with Crippen LogP contribution in [0.15, 0.2) is 42.5 Å². The molecule has 0 atom stereocenters. The molecule has 2 aromatic carbocycles. The quantitative estimate of drug-likeness (QED) is 0.596. The molecular formula is C19H16Cl3N3O. The number of carbonyl (C=O) groups excluding carboxylic acids is 1. The maximum Gasteiger partial charge on any atom is 0.257 e. The summed E-state index contributed by atoms with van der Waals surface area (Å²) < 4.78 is 1.81. The first-order valence-corrected chi connectivity index (χ1v) is 9.04. The lowest BCUT2D eigenvalue weighted by molar-refractivity contribution is 0.102. The molecule has 3 aromatic rings. The maximum absolute atomic E-state index is 12.6. The van der Waals surface area contributed by atoms with E-state index in [-0.39, 0.29) is 10.9 Å². The predicted octanol–water partition coefficient (Wildman–Crippen LogP) is 5.76. The standard InChI is InChI=1S/C19H16Cl3N3O/c1-11-18(23-19(26)14-7-5-9-16(21)17(14)22)12(2)25(24-11)10-13-6-3-4-8-15(13)20/h3-9H,10H2,1-2H3,(H,23,26). The van der Waals surface area contributed by atoms with Crippen LogP contribution in [-0.4, -0.2) is 15.7 Å². The van der Waals surface area contributed by atoms with Crippen molar-refractivity contribution in [2.24, 2.45) is 0 Å². The molecule has 0 bridgehead atoms. The van der Waals surface area contributed by atoms with E-state index in [9.17, 15) is 4.79 Å². The van der Waals surface area contributed by atoms with Gasteiger partial charge in [0.15, 0.2) is 0 Å². The van der Waals surface area contributed by atoms with E-state index in [0.29, 0.717) is 33.5 Å². The zero-order valence-electron chi connectivity index (χ0n) is 14.2. The lowest BCUT2D eigenvalue weighted by Crippen LogP contribution is -2.14. The van der Waals surface area contributed by atoms with E-state index in [1.54, 1.807) is 18.2 Å². The fraction of sp³-hybridized carbons (Fsp3) is 0.158. The van der Waals surface area contributed by atoms with Gasteiger partial charge in [-0.2, -0.15) is 5.10 Å². The molecule has 0 aliphatic carbocycles. The molecule has 0 saturated heterocycles. The van der Waals surface area contributed by atoms with E-state index < -0.39 is 0 Å². The van der Waals surface area contributed by atoms with Crippen LogP contribution in [0.4, 0.5) is 5.69 Å². The van der Waals surface area contributed by atoms with Gasteiger partial charge < -0.3 is 5.32 Å². The first kappa shape index (κ1) is 18.8. The lowest BCUT2D eigenvalue weighted by Gasteiger charge is -2.09. The Kier molecular flexibility index (Phi) is 5.56. The van der Waals surface area contributed by atoms with Crippen molar-refractivity contribution in [2.45, 2.75) is 20.4 Å². The normalized spacial score (nSPS) is 10.8. The smallest absolute Gasteiger partial charge is 0.257 e. The Balaban J connectivity index is 1.88. The van der Waals surface area contributed by atoms with Gasteiger partial charge in [-0.1, -0.05) is 59.1 Å². The van der Waals surface area contributed by atoms with Gasteiger partial charge in [-0.05, 0) is 37.6 Å². The Morgan fingerprint density at radius 2 is 1.73 bits per heavy atom. The fourth-order valence-electron chi connectivity index (χ4n) is 2.68. The zero-order valence-corrected chi connectivity index (χ0v) is 16.5. The van der Waals surface area contributed by atoms with Gasteiger partial charge in [-0.15, -0.1) is 0 Å². The second-order valence-corrected chi connectivity index (χ2v) is 7.04. The van der Waals surface area contributed by atoms with Gasteiger partial charge in [0.25, 0.3) is 5.91 Å². The molecule has 0 unspecified atom stereocenters. The number of aryl methyl sites for hydroxylation is 1. The van der Waals surface area contributed by atoms with Gasteiger partial charge in [0, 0.05) is 5.02 Å². The Hall–Kier alpha value is -2.01. The molecule has 0 aliphatic heterocycles. The highest BCUT2D eigenvalue weighted by atomic mass is 35.5. The Bertz CT molecular complexity index is 982. The largest absolute Gasteiger partial charge is 0.319 e. The zero-order chi connectivity index (χ0) is 18.8. The van der Waals surface area contributed by atoms with Crippen LogP contribution in [0.25, 0.3) is 0 Å². The lowest BCUT2D eigenvalue weighted by atomic mass is 10.2. The van der Waals surface area contributed by atoms with E-state index in [2.05, 4.69) is 10.4 Å². The van der Waals surface area contributed by atoms with E-state index >= 15 is 0 Å². The predicted molar refractivity (Wildman–Crippen MR) is 107 cm³/mol. The van der Waals surface area contributed by atoms with Crippen LogP contribution in [0.3, 0.4) is 0 Å². The number of anilines is 1. The third-order valence-corrected chi connectivity index (χ3v) is 5.28. The van der Waals surface area contributed by atoms with Gasteiger partial charge in [-0.25, -0.2) is 0 Å². The Labute approximate surface area is 166 Å². The molecule has 4 nitrogen and oxygen atoms in total. The summed E-state index contributed by atoms with van der Waals surface area (Å²) in [7, 11) is 0. The number of hydrogen-bond donors (Lipinski definition) is 1. The average Bonchev–Trinajstić information content (AvgIpc) is 2.87. The molecule has 0 spiro atoms. The number of nitrogens with one attached hydrogen (secondary N) is 1. The van der Waals surface area contributed by atoms with Crippen LogP contribution in [0.1, 0.15) is 27.3 Å². The van der Waals surface area contributed by atoms with Crippen LogP contribution < -0.4 is 5.32 Å². The van der Waals surface area contributed by atoms with Crippen LogP contribution in [-0.2, 0) is 6.54 Å². The number of benzene rings is 2. The number of aromatic nitrogens is 2. The van der Waals surface area contributed by atoms with Gasteiger partial charge >= 0.3 is 0 Å². The summed E-state index contributed by atoms with van der Waals surface area (Å²) >= 11 is 18.4. The van der Waals surface area contributed by atoms with Crippen molar-refractivity contribution in [1.82, 2.24) is 9.78 Å². The highest BCUT2D eigenvalue weighted by Gasteiger charge is 2.18. The maximum atomic E-state index is 12.6. The fourth-order valence-corrected chi connectivity index (χ4v) is 3.26. The molecule has 1 amide bonds. The van der Waals surface area contributed by atoms with E-state index in [0.717, 1.165) is 11.3 Å². The average molecular weight is 409 g/mol. The number of hydrogen-bond acceptors (Lipinski definition) is 2. The summed E-state index contributed by atoms with van der Waals surface area (Å²) in [5.41, 5.74) is 3.46. The number of amides is 1. The van der Waals surface area contributed by atoms with Crippen molar-refractivity contribution in [1.29, 1.82) is 0 Å². The van der Waals surface area contributed by atoms with Gasteiger partial charge in [-0.3, -0.25) is 9.48 Å². The third kappa shape index (κ3) is 3.73. The first-order chi connectivity index (χ1) is 12.4. The van der Waals surface area contributed by atoms with Crippen molar-refractivity contribution in [3.8, 4) is 0 Å². The van der Waals surface area contributed by atoms with E-state index in [1.165, 1.54) is 0 Å². The highest BCUT2D eigenvalue weighted by molar-refractivity contribution is 6.44. The van der Waals surface area contributed by atoms with Crippen LogP contribution >= 0.6 is 34.8 Å². The summed E-state index contributed by atoms with van der Waals surface area (Å²) in [6, 6.07) is 12.5. The molecule has 3 rings (SSSR count). The molecule has 26 heavy (non-hydrogen) atoms. The minimum Gasteiger partial charge on any atom is -0.319 e. The van der Waals surface area contributed by atoms with Crippen molar-refractivity contribution in [2.75, 3.05) is 5.32 Å². The summed E-state index contributed by atoms with van der Waals surface area (Å²) in [6.07, 6.45) is 0. The van der Waals surface area contributed by atoms with Crippen LogP contribution in [0.2, 0.25) is 15.1 Å². The van der Waals surface area contributed by atoms with Gasteiger partial charge in [0.2, 0.25) is 0 Å². The van der Waals surface area contributed by atoms with Gasteiger partial charge in [0.1, 0.15) is 0 Å². The molecule has 1 N–H and O–H groups in total. The van der Waals surface area contributed by atoms with Gasteiger partial charge in [0.05, 0.1) is 39.2 Å². The molecule has 134 valence electrons. The SMILES string of the molecule is Cc1nn(Cc2ccccc2Cl)c(C)c1NC(=O)c1cccc(Cl)c1Cl. The second kappa shape index (κ2) is 7.70. The molecule has 0 fully saturated rings. The number of carbonyl (C=O) groups is 1. The molecule has 1 aromatic heterocycles. The Morgan fingerprint density at radius 1 is 1.04 bits per heavy atom. The molecule has 0 radical (unpaired) electrons. The topological polar surface area (TPSA) is 46.9 Å².